The van der Waals surface area contributed by atoms with E-state index in [1.165, 1.54) is 13.2 Å². The number of benzene rings is 2. The van der Waals surface area contributed by atoms with Crippen LogP contribution in [0.4, 0.5) is 0 Å². The average Bonchev–Trinajstić information content (AvgIpc) is 2.76. The Morgan fingerprint density at radius 2 is 1.55 bits per heavy atom. The average molecular weight is 400 g/mol. The van der Waals surface area contributed by atoms with Gasteiger partial charge in [-0.05, 0) is 49.4 Å². The summed E-state index contributed by atoms with van der Waals surface area (Å²) in [4.78, 5) is 35.7. The number of nitrogens with one attached hydrogen (secondary N) is 2. The molecule has 29 heavy (non-hydrogen) atoms. The normalized spacial score (nSPS) is 10.0. The SMILES string of the molecule is CCOc1ccc(C(=O)NNC(=O)COc2ccc(C(=O)CC)cc2)cc1OC. The third kappa shape index (κ3) is 6.24. The first kappa shape index (κ1) is 21.7. The van der Waals surface area contributed by atoms with Crippen LogP contribution in [0.25, 0.3) is 0 Å². The molecule has 2 rings (SSSR count). The number of amides is 2. The van der Waals surface area contributed by atoms with Crippen molar-refractivity contribution in [1.29, 1.82) is 0 Å². The van der Waals surface area contributed by atoms with Crippen molar-refractivity contribution in [2.75, 3.05) is 20.3 Å². The predicted molar refractivity (Wildman–Crippen MR) is 106 cm³/mol. The van der Waals surface area contributed by atoms with Crippen LogP contribution in [-0.2, 0) is 4.79 Å². The van der Waals surface area contributed by atoms with Crippen LogP contribution in [0, 0.1) is 0 Å². The summed E-state index contributed by atoms with van der Waals surface area (Å²) in [5, 5.41) is 0. The molecule has 0 bridgehead atoms. The van der Waals surface area contributed by atoms with Crippen molar-refractivity contribution in [2.24, 2.45) is 0 Å². The third-order valence-corrected chi connectivity index (χ3v) is 3.91. The molecule has 0 fully saturated rings. The fourth-order valence-corrected chi connectivity index (χ4v) is 2.41. The highest BCUT2D eigenvalue weighted by molar-refractivity contribution is 5.96. The smallest absolute Gasteiger partial charge is 0.276 e. The molecule has 2 aromatic rings. The van der Waals surface area contributed by atoms with Crippen LogP contribution in [-0.4, -0.2) is 37.9 Å². The molecule has 8 nitrogen and oxygen atoms in total. The fraction of sp³-hybridized carbons (Fsp3) is 0.286. The molecule has 0 radical (unpaired) electrons. The van der Waals surface area contributed by atoms with E-state index in [1.807, 2.05) is 6.92 Å². The van der Waals surface area contributed by atoms with E-state index in [0.29, 0.717) is 41.4 Å². The number of hydrazine groups is 1. The van der Waals surface area contributed by atoms with E-state index < -0.39 is 11.8 Å². The molecule has 2 amide bonds. The van der Waals surface area contributed by atoms with Gasteiger partial charge in [-0.2, -0.15) is 0 Å². The number of ether oxygens (including phenoxy) is 3. The highest BCUT2D eigenvalue weighted by Crippen LogP contribution is 2.27. The summed E-state index contributed by atoms with van der Waals surface area (Å²) in [6, 6.07) is 11.2. The summed E-state index contributed by atoms with van der Waals surface area (Å²) < 4.78 is 15.9. The zero-order valence-corrected chi connectivity index (χ0v) is 16.6. The predicted octanol–water partition coefficient (Wildman–Crippen LogP) is 2.53. The van der Waals surface area contributed by atoms with Gasteiger partial charge in [0.25, 0.3) is 11.8 Å². The lowest BCUT2D eigenvalue weighted by atomic mass is 10.1. The molecule has 0 saturated heterocycles. The molecule has 0 unspecified atom stereocenters. The minimum Gasteiger partial charge on any atom is -0.493 e. The lowest BCUT2D eigenvalue weighted by Gasteiger charge is -2.12. The van der Waals surface area contributed by atoms with Gasteiger partial charge < -0.3 is 14.2 Å². The first-order chi connectivity index (χ1) is 14.0. The second-order valence-corrected chi connectivity index (χ2v) is 5.89. The maximum atomic E-state index is 12.2. The Balaban J connectivity index is 1.84. The molecule has 0 aliphatic heterocycles. The Morgan fingerprint density at radius 1 is 0.862 bits per heavy atom. The van der Waals surface area contributed by atoms with Crippen LogP contribution < -0.4 is 25.1 Å². The third-order valence-electron chi connectivity index (χ3n) is 3.91. The van der Waals surface area contributed by atoms with Crippen LogP contribution in [0.2, 0.25) is 0 Å². The molecule has 0 spiro atoms. The van der Waals surface area contributed by atoms with Gasteiger partial charge in [-0.3, -0.25) is 25.2 Å². The zero-order chi connectivity index (χ0) is 21.2. The molecule has 154 valence electrons. The molecule has 8 heteroatoms. The summed E-state index contributed by atoms with van der Waals surface area (Å²) in [6.45, 7) is 3.80. The molecule has 0 aliphatic rings. The van der Waals surface area contributed by atoms with Crippen molar-refractivity contribution in [1.82, 2.24) is 10.9 Å². The van der Waals surface area contributed by atoms with Crippen molar-refractivity contribution in [3.63, 3.8) is 0 Å². The van der Waals surface area contributed by atoms with Crippen molar-refractivity contribution >= 4 is 17.6 Å². The Kier molecular flexibility index (Phi) is 8.02. The van der Waals surface area contributed by atoms with Gasteiger partial charge in [0, 0.05) is 17.5 Å². The Hall–Kier alpha value is -3.55. The lowest BCUT2D eigenvalue weighted by Crippen LogP contribution is -2.43. The van der Waals surface area contributed by atoms with E-state index >= 15 is 0 Å². The van der Waals surface area contributed by atoms with Crippen molar-refractivity contribution < 1.29 is 28.6 Å². The Labute approximate surface area is 169 Å². The fourth-order valence-electron chi connectivity index (χ4n) is 2.41. The first-order valence-corrected chi connectivity index (χ1v) is 9.14. The maximum absolute atomic E-state index is 12.2. The minimum atomic E-state index is -0.537. The van der Waals surface area contributed by atoms with Crippen molar-refractivity contribution in [3.05, 3.63) is 53.6 Å². The summed E-state index contributed by atoms with van der Waals surface area (Å²) >= 11 is 0. The van der Waals surface area contributed by atoms with Crippen LogP contribution in [0.3, 0.4) is 0 Å². The minimum absolute atomic E-state index is 0.0305. The van der Waals surface area contributed by atoms with E-state index in [4.69, 9.17) is 14.2 Å². The lowest BCUT2D eigenvalue weighted by molar-refractivity contribution is -0.123. The van der Waals surface area contributed by atoms with E-state index in [9.17, 15) is 14.4 Å². The van der Waals surface area contributed by atoms with E-state index in [1.54, 1.807) is 43.3 Å². The van der Waals surface area contributed by atoms with Crippen molar-refractivity contribution in [2.45, 2.75) is 20.3 Å². The van der Waals surface area contributed by atoms with Gasteiger partial charge in [0.05, 0.1) is 13.7 Å². The monoisotopic (exact) mass is 400 g/mol. The summed E-state index contributed by atoms with van der Waals surface area (Å²) in [6.07, 6.45) is 0.419. The first-order valence-electron chi connectivity index (χ1n) is 9.14. The van der Waals surface area contributed by atoms with Gasteiger partial charge >= 0.3 is 0 Å². The van der Waals surface area contributed by atoms with Crippen LogP contribution in [0.15, 0.2) is 42.5 Å². The van der Waals surface area contributed by atoms with Crippen LogP contribution >= 0.6 is 0 Å². The molecule has 2 aromatic carbocycles. The number of ketones is 1. The summed E-state index contributed by atoms with van der Waals surface area (Å²) in [5.74, 6) is 0.361. The number of Topliss-reactive ketones (excluding diaryl/α,β-unsaturated/α-hetero) is 1. The quantitative estimate of drug-likeness (QED) is 0.495. The van der Waals surface area contributed by atoms with Gasteiger partial charge in [-0.15, -0.1) is 0 Å². The molecular weight excluding hydrogens is 376 g/mol. The van der Waals surface area contributed by atoms with Crippen LogP contribution in [0.5, 0.6) is 17.2 Å². The Bertz CT molecular complexity index is 864. The van der Waals surface area contributed by atoms with Crippen LogP contribution in [0.1, 0.15) is 41.0 Å². The van der Waals surface area contributed by atoms with Gasteiger partial charge in [-0.1, -0.05) is 6.92 Å². The standard InChI is InChI=1S/C21H24N2O6/c1-4-17(24)14-6-9-16(10-7-14)29-13-20(25)22-23-21(26)15-8-11-18(28-5-2)19(12-15)27-3/h6-12H,4-5,13H2,1-3H3,(H,22,25)(H,23,26). The molecule has 0 aliphatic carbocycles. The highest BCUT2D eigenvalue weighted by atomic mass is 16.5. The second-order valence-electron chi connectivity index (χ2n) is 5.89. The number of hydrogen-bond acceptors (Lipinski definition) is 6. The Morgan fingerprint density at radius 3 is 2.17 bits per heavy atom. The largest absolute Gasteiger partial charge is 0.493 e. The van der Waals surface area contributed by atoms with Gasteiger partial charge in [0.1, 0.15) is 5.75 Å². The van der Waals surface area contributed by atoms with E-state index in [-0.39, 0.29) is 12.4 Å². The van der Waals surface area contributed by atoms with Gasteiger partial charge in [0.15, 0.2) is 23.9 Å². The molecular formula is C21H24N2O6. The number of carbonyl (C=O) groups is 3. The van der Waals surface area contributed by atoms with Gasteiger partial charge in [-0.25, -0.2) is 0 Å². The zero-order valence-electron chi connectivity index (χ0n) is 16.6. The van der Waals surface area contributed by atoms with E-state index in [0.717, 1.165) is 0 Å². The highest BCUT2D eigenvalue weighted by Gasteiger charge is 2.12. The summed E-state index contributed by atoms with van der Waals surface area (Å²) in [5.41, 5.74) is 5.47. The number of rotatable bonds is 9. The maximum Gasteiger partial charge on any atom is 0.276 e. The number of methoxy groups -OCH3 is 1. The van der Waals surface area contributed by atoms with Gasteiger partial charge in [0.2, 0.25) is 0 Å². The molecule has 0 atom stereocenters. The number of carbonyl (C=O) groups excluding carboxylic acids is 3. The molecule has 0 saturated carbocycles. The molecule has 0 aromatic heterocycles. The van der Waals surface area contributed by atoms with E-state index in [2.05, 4.69) is 10.9 Å². The number of hydrogen-bond donors (Lipinski definition) is 2. The second kappa shape index (κ2) is 10.7. The summed E-state index contributed by atoms with van der Waals surface area (Å²) in [7, 11) is 1.48. The molecule has 2 N–H and O–H groups in total. The topological polar surface area (TPSA) is 103 Å². The van der Waals surface area contributed by atoms with Crippen molar-refractivity contribution in [3.8, 4) is 17.2 Å². The molecule has 0 heterocycles.